The summed E-state index contributed by atoms with van der Waals surface area (Å²) in [6, 6.07) is 6.55. The molecule has 0 aliphatic heterocycles. The van der Waals surface area contributed by atoms with Crippen molar-refractivity contribution in [1.82, 2.24) is 20.5 Å². The third-order valence-electron chi connectivity index (χ3n) is 2.41. The number of aromatic nitrogens is 3. The molecule has 2 aromatic rings. The fourth-order valence-electron chi connectivity index (χ4n) is 1.49. The van der Waals surface area contributed by atoms with Crippen LogP contribution >= 0.6 is 11.8 Å². The number of amides is 1. The smallest absolute Gasteiger partial charge is 0.230 e. The first-order valence-electron chi connectivity index (χ1n) is 5.74. The number of benzene rings is 1. The van der Waals surface area contributed by atoms with Crippen LogP contribution in [0.1, 0.15) is 5.56 Å². The third-order valence-corrected chi connectivity index (χ3v) is 3.28. The van der Waals surface area contributed by atoms with Gasteiger partial charge in [-0.05, 0) is 18.1 Å². The lowest BCUT2D eigenvalue weighted by Crippen LogP contribution is -2.27. The Hall–Kier alpha value is -1.89. The highest BCUT2D eigenvalue weighted by atomic mass is 32.2. The number of nitrogens with one attached hydrogen (secondary N) is 2. The van der Waals surface area contributed by atoms with Crippen molar-refractivity contribution in [3.8, 4) is 0 Å². The second-order valence-corrected chi connectivity index (χ2v) is 4.73. The van der Waals surface area contributed by atoms with Crippen LogP contribution in [0.4, 0.5) is 4.39 Å². The Balaban J connectivity index is 1.68. The van der Waals surface area contributed by atoms with E-state index in [0.29, 0.717) is 23.7 Å². The van der Waals surface area contributed by atoms with Gasteiger partial charge in [-0.25, -0.2) is 9.37 Å². The minimum atomic E-state index is -0.243. The summed E-state index contributed by atoms with van der Waals surface area (Å²) in [6.07, 6.45) is 1.86. The molecule has 0 fully saturated rings. The maximum absolute atomic E-state index is 13.3. The highest BCUT2D eigenvalue weighted by molar-refractivity contribution is 7.99. The molecule has 7 heteroatoms. The van der Waals surface area contributed by atoms with Crippen LogP contribution in [0.5, 0.6) is 0 Å². The normalized spacial score (nSPS) is 10.4. The van der Waals surface area contributed by atoms with Gasteiger partial charge < -0.3 is 5.32 Å². The standard InChI is InChI=1S/C12H13FN4OS/c13-10-4-2-1-3-9(10)5-6-14-11(18)7-19-12-15-8-16-17-12/h1-4,8H,5-7H2,(H,14,18)(H,15,16,17). The number of H-pyrrole nitrogens is 1. The Kier molecular flexibility index (Phi) is 4.91. The van der Waals surface area contributed by atoms with E-state index < -0.39 is 0 Å². The Morgan fingerprint density at radius 2 is 2.26 bits per heavy atom. The Morgan fingerprint density at radius 1 is 1.42 bits per heavy atom. The molecule has 0 unspecified atom stereocenters. The molecule has 0 radical (unpaired) electrons. The van der Waals surface area contributed by atoms with E-state index >= 15 is 0 Å². The van der Waals surface area contributed by atoms with Crippen molar-refractivity contribution in [2.45, 2.75) is 11.6 Å². The molecule has 1 amide bonds. The van der Waals surface area contributed by atoms with Crippen LogP contribution in [0.3, 0.4) is 0 Å². The van der Waals surface area contributed by atoms with Crippen LogP contribution in [-0.4, -0.2) is 33.4 Å². The predicted octanol–water partition coefficient (Wildman–Crippen LogP) is 1.39. The van der Waals surface area contributed by atoms with Crippen molar-refractivity contribution in [2.24, 2.45) is 0 Å². The van der Waals surface area contributed by atoms with E-state index in [1.807, 2.05) is 0 Å². The van der Waals surface area contributed by atoms with Crippen molar-refractivity contribution in [3.63, 3.8) is 0 Å². The monoisotopic (exact) mass is 280 g/mol. The average Bonchev–Trinajstić information content (AvgIpc) is 2.92. The quantitative estimate of drug-likeness (QED) is 0.785. The number of nitrogens with zero attached hydrogens (tertiary/aromatic N) is 2. The SMILES string of the molecule is O=C(CSc1ncn[nH]1)NCCc1ccccc1F. The first-order valence-corrected chi connectivity index (χ1v) is 6.72. The lowest BCUT2D eigenvalue weighted by Gasteiger charge is -2.05. The van der Waals surface area contributed by atoms with Gasteiger partial charge in [0.2, 0.25) is 5.91 Å². The largest absolute Gasteiger partial charge is 0.355 e. The van der Waals surface area contributed by atoms with Crippen molar-refractivity contribution >= 4 is 17.7 Å². The number of aromatic amines is 1. The summed E-state index contributed by atoms with van der Waals surface area (Å²) in [7, 11) is 0. The highest BCUT2D eigenvalue weighted by Crippen LogP contribution is 2.09. The average molecular weight is 280 g/mol. The number of carbonyl (C=O) groups is 1. The van der Waals surface area contributed by atoms with E-state index in [9.17, 15) is 9.18 Å². The van der Waals surface area contributed by atoms with Gasteiger partial charge in [-0.1, -0.05) is 30.0 Å². The number of carbonyl (C=O) groups excluding carboxylic acids is 1. The molecule has 0 saturated heterocycles. The minimum Gasteiger partial charge on any atom is -0.355 e. The number of rotatable bonds is 6. The molecular weight excluding hydrogens is 267 g/mol. The zero-order valence-electron chi connectivity index (χ0n) is 10.1. The Labute approximate surface area is 114 Å². The Morgan fingerprint density at radius 3 is 3.00 bits per heavy atom. The van der Waals surface area contributed by atoms with Crippen LogP contribution in [0.2, 0.25) is 0 Å². The lowest BCUT2D eigenvalue weighted by atomic mass is 10.1. The van der Waals surface area contributed by atoms with Crippen molar-refractivity contribution in [3.05, 3.63) is 42.0 Å². The first kappa shape index (κ1) is 13.5. The second-order valence-electron chi connectivity index (χ2n) is 3.77. The number of thioether (sulfide) groups is 1. The molecule has 1 heterocycles. The minimum absolute atomic E-state index is 0.113. The molecule has 0 aliphatic rings. The number of halogens is 1. The molecule has 2 rings (SSSR count). The van der Waals surface area contributed by atoms with E-state index in [1.165, 1.54) is 24.2 Å². The van der Waals surface area contributed by atoms with E-state index in [1.54, 1.807) is 18.2 Å². The summed E-state index contributed by atoms with van der Waals surface area (Å²) in [5.41, 5.74) is 0.602. The molecule has 2 N–H and O–H groups in total. The number of hydrogen-bond donors (Lipinski definition) is 2. The Bertz CT molecular complexity index is 532. The molecule has 1 aromatic heterocycles. The molecule has 0 bridgehead atoms. The molecule has 19 heavy (non-hydrogen) atoms. The van der Waals surface area contributed by atoms with E-state index in [4.69, 9.17) is 0 Å². The van der Waals surface area contributed by atoms with Gasteiger partial charge in [0, 0.05) is 6.54 Å². The topological polar surface area (TPSA) is 70.7 Å². The molecule has 5 nitrogen and oxygen atoms in total. The molecule has 0 spiro atoms. The summed E-state index contributed by atoms with van der Waals surface area (Å²) in [6.45, 7) is 0.413. The molecule has 0 saturated carbocycles. The van der Waals surface area contributed by atoms with Crippen molar-refractivity contribution in [1.29, 1.82) is 0 Å². The molecule has 0 aliphatic carbocycles. The van der Waals surface area contributed by atoms with Gasteiger partial charge in [-0.3, -0.25) is 9.89 Å². The van der Waals surface area contributed by atoms with Gasteiger partial charge in [0.25, 0.3) is 0 Å². The summed E-state index contributed by atoms with van der Waals surface area (Å²) in [4.78, 5) is 15.4. The summed E-state index contributed by atoms with van der Waals surface area (Å²) in [5.74, 6) is -0.0996. The molecule has 1 aromatic carbocycles. The number of hydrogen-bond acceptors (Lipinski definition) is 4. The van der Waals surface area contributed by atoms with E-state index in [2.05, 4.69) is 20.5 Å². The van der Waals surface area contributed by atoms with Crippen molar-refractivity contribution < 1.29 is 9.18 Å². The maximum atomic E-state index is 13.3. The van der Waals surface area contributed by atoms with Crippen LogP contribution in [0.15, 0.2) is 35.7 Å². The van der Waals surface area contributed by atoms with E-state index in [-0.39, 0.29) is 17.5 Å². The fourth-order valence-corrected chi connectivity index (χ4v) is 2.10. The molecular formula is C12H13FN4OS. The predicted molar refractivity (Wildman–Crippen MR) is 70.2 cm³/mol. The summed E-state index contributed by atoms with van der Waals surface area (Å²) < 4.78 is 13.3. The first-order chi connectivity index (χ1) is 9.25. The van der Waals surface area contributed by atoms with Gasteiger partial charge >= 0.3 is 0 Å². The highest BCUT2D eigenvalue weighted by Gasteiger charge is 2.05. The van der Waals surface area contributed by atoms with Gasteiger partial charge in [0.1, 0.15) is 12.1 Å². The van der Waals surface area contributed by atoms with Gasteiger partial charge in [0.15, 0.2) is 5.16 Å². The van der Waals surface area contributed by atoms with Crippen LogP contribution in [0, 0.1) is 5.82 Å². The molecule has 0 atom stereocenters. The van der Waals surface area contributed by atoms with Crippen LogP contribution < -0.4 is 5.32 Å². The maximum Gasteiger partial charge on any atom is 0.230 e. The third kappa shape index (κ3) is 4.36. The van der Waals surface area contributed by atoms with Crippen LogP contribution in [0.25, 0.3) is 0 Å². The van der Waals surface area contributed by atoms with Gasteiger partial charge in [-0.2, -0.15) is 5.10 Å². The zero-order chi connectivity index (χ0) is 13.5. The van der Waals surface area contributed by atoms with Gasteiger partial charge in [0.05, 0.1) is 5.75 Å². The molecule has 100 valence electrons. The van der Waals surface area contributed by atoms with Crippen molar-refractivity contribution in [2.75, 3.05) is 12.3 Å². The summed E-state index contributed by atoms with van der Waals surface area (Å²) in [5, 5.41) is 9.67. The second kappa shape index (κ2) is 6.89. The fraction of sp³-hybridized carbons (Fsp3) is 0.250. The zero-order valence-corrected chi connectivity index (χ0v) is 10.9. The summed E-state index contributed by atoms with van der Waals surface area (Å²) >= 11 is 1.27. The van der Waals surface area contributed by atoms with Crippen LogP contribution in [-0.2, 0) is 11.2 Å². The lowest BCUT2D eigenvalue weighted by molar-refractivity contribution is -0.118. The van der Waals surface area contributed by atoms with Gasteiger partial charge in [-0.15, -0.1) is 0 Å². The van der Waals surface area contributed by atoms with E-state index in [0.717, 1.165) is 0 Å².